The van der Waals surface area contributed by atoms with Gasteiger partial charge in [-0.2, -0.15) is 0 Å². The highest BCUT2D eigenvalue weighted by Gasteiger charge is 2.34. The van der Waals surface area contributed by atoms with Crippen LogP contribution in [0.5, 0.6) is 11.5 Å². The Morgan fingerprint density at radius 3 is 2.51 bits per heavy atom. The van der Waals surface area contributed by atoms with Crippen LogP contribution in [0.25, 0.3) is 11.1 Å². The molecule has 4 rings (SSSR count). The molecule has 3 aromatic carbocycles. The van der Waals surface area contributed by atoms with Gasteiger partial charge in [0.2, 0.25) is 0 Å². The number of carbonyl (C=O) groups excluding carboxylic acids is 1. The Morgan fingerprint density at radius 2 is 1.76 bits per heavy atom. The molecule has 196 valence electrons. The topological polar surface area (TPSA) is 60.0 Å². The summed E-state index contributed by atoms with van der Waals surface area (Å²) in [5.41, 5.74) is 4.28. The predicted molar refractivity (Wildman–Crippen MR) is 148 cm³/mol. The van der Waals surface area contributed by atoms with Crippen LogP contribution < -0.4 is 14.8 Å². The summed E-state index contributed by atoms with van der Waals surface area (Å²) in [5.74, 6) is 1.45. The number of amides is 1. The largest absolute Gasteiger partial charge is 0.493 e. The van der Waals surface area contributed by atoms with Gasteiger partial charge in [0.05, 0.1) is 19.8 Å². The van der Waals surface area contributed by atoms with Crippen molar-refractivity contribution >= 4 is 5.91 Å². The third kappa shape index (κ3) is 6.51. The van der Waals surface area contributed by atoms with Gasteiger partial charge in [0.15, 0.2) is 11.5 Å². The van der Waals surface area contributed by atoms with E-state index in [1.807, 2.05) is 23.1 Å². The maximum atomic E-state index is 13.9. The molecule has 2 atom stereocenters. The van der Waals surface area contributed by atoms with Crippen molar-refractivity contribution in [1.29, 1.82) is 0 Å². The smallest absolute Gasteiger partial charge is 0.254 e. The number of nitrogens with one attached hydrogen (secondary N) is 1. The molecule has 6 nitrogen and oxygen atoms in total. The molecule has 37 heavy (non-hydrogen) atoms. The van der Waals surface area contributed by atoms with Gasteiger partial charge in [-0.1, -0.05) is 54.6 Å². The maximum Gasteiger partial charge on any atom is 0.254 e. The molecule has 1 heterocycles. The summed E-state index contributed by atoms with van der Waals surface area (Å²) in [6.07, 6.45) is 1.74. The Labute approximate surface area is 220 Å². The Kier molecular flexibility index (Phi) is 9.58. The maximum absolute atomic E-state index is 13.9. The van der Waals surface area contributed by atoms with Crippen molar-refractivity contribution in [3.63, 3.8) is 0 Å². The van der Waals surface area contributed by atoms with Crippen LogP contribution in [0.2, 0.25) is 0 Å². The van der Waals surface area contributed by atoms with Gasteiger partial charge in [-0.3, -0.25) is 4.79 Å². The van der Waals surface area contributed by atoms with Crippen molar-refractivity contribution in [3.05, 3.63) is 83.9 Å². The van der Waals surface area contributed by atoms with Crippen molar-refractivity contribution in [2.24, 2.45) is 0 Å². The number of carbonyl (C=O) groups is 1. The molecule has 1 saturated heterocycles. The lowest BCUT2D eigenvalue weighted by Gasteiger charge is -2.40. The third-order valence-electron chi connectivity index (χ3n) is 7.03. The lowest BCUT2D eigenvalue weighted by molar-refractivity contribution is 0.0633. The van der Waals surface area contributed by atoms with E-state index in [2.05, 4.69) is 60.8 Å². The lowest BCUT2D eigenvalue weighted by Crippen LogP contribution is -2.52. The summed E-state index contributed by atoms with van der Waals surface area (Å²) in [7, 11) is 3.28. The minimum Gasteiger partial charge on any atom is -0.493 e. The van der Waals surface area contributed by atoms with Crippen molar-refractivity contribution in [2.45, 2.75) is 31.7 Å². The first-order valence-electron chi connectivity index (χ1n) is 13.1. The molecule has 1 aliphatic heterocycles. The average molecular weight is 503 g/mol. The van der Waals surface area contributed by atoms with Gasteiger partial charge < -0.3 is 24.4 Å². The monoisotopic (exact) mass is 502 g/mol. The van der Waals surface area contributed by atoms with Crippen molar-refractivity contribution in [3.8, 4) is 22.6 Å². The summed E-state index contributed by atoms with van der Waals surface area (Å²) in [6, 6.07) is 24.7. The summed E-state index contributed by atoms with van der Waals surface area (Å²) in [6.45, 7) is 5.48. The summed E-state index contributed by atoms with van der Waals surface area (Å²) in [4.78, 5) is 15.9. The molecule has 0 radical (unpaired) electrons. The fraction of sp³-hybridized carbons (Fsp3) is 0.387. The highest BCUT2D eigenvalue weighted by molar-refractivity contribution is 5.95. The van der Waals surface area contributed by atoms with Gasteiger partial charge in [0.1, 0.15) is 0 Å². The van der Waals surface area contributed by atoms with Crippen molar-refractivity contribution in [1.82, 2.24) is 10.2 Å². The van der Waals surface area contributed by atoms with E-state index in [0.717, 1.165) is 25.9 Å². The molecule has 0 spiro atoms. The average Bonchev–Trinajstić information content (AvgIpc) is 2.96. The van der Waals surface area contributed by atoms with E-state index in [0.29, 0.717) is 36.8 Å². The molecule has 1 fully saturated rings. The zero-order chi connectivity index (χ0) is 26.0. The quantitative estimate of drug-likeness (QED) is 0.357. The minimum absolute atomic E-state index is 0.00445. The van der Waals surface area contributed by atoms with Crippen LogP contribution in [-0.4, -0.2) is 63.9 Å². The van der Waals surface area contributed by atoms with Gasteiger partial charge in [0, 0.05) is 44.7 Å². The second kappa shape index (κ2) is 13.3. The van der Waals surface area contributed by atoms with Crippen LogP contribution in [0.4, 0.5) is 0 Å². The normalized spacial score (nSPS) is 17.3. The number of hydrogen-bond donors (Lipinski definition) is 1. The van der Waals surface area contributed by atoms with Crippen LogP contribution in [-0.2, 0) is 4.74 Å². The molecular weight excluding hydrogens is 464 g/mol. The first kappa shape index (κ1) is 26.7. The zero-order valence-electron chi connectivity index (χ0n) is 22.1. The van der Waals surface area contributed by atoms with Crippen LogP contribution in [0.1, 0.15) is 41.6 Å². The first-order valence-corrected chi connectivity index (χ1v) is 13.1. The summed E-state index contributed by atoms with van der Waals surface area (Å²) < 4.78 is 16.5. The number of rotatable bonds is 11. The summed E-state index contributed by atoms with van der Waals surface area (Å²) in [5, 5.41) is 3.52. The van der Waals surface area contributed by atoms with E-state index in [1.54, 1.807) is 20.3 Å². The second-order valence-electron chi connectivity index (χ2n) is 9.31. The van der Waals surface area contributed by atoms with Crippen molar-refractivity contribution < 1.29 is 19.0 Å². The first-order chi connectivity index (χ1) is 18.2. The predicted octanol–water partition coefficient (Wildman–Crippen LogP) is 5.39. The molecule has 1 N–H and O–H groups in total. The SMILES string of the molecule is CCN(C(=O)c1ccc(OC)c(OCCCOC)c1)C1CNCCC1c1cccc(-c2ccccc2)c1. The fourth-order valence-electron chi connectivity index (χ4n) is 5.14. The third-order valence-corrected chi connectivity index (χ3v) is 7.03. The van der Waals surface area contributed by atoms with Gasteiger partial charge >= 0.3 is 0 Å². The van der Waals surface area contributed by atoms with E-state index >= 15 is 0 Å². The summed E-state index contributed by atoms with van der Waals surface area (Å²) >= 11 is 0. The molecule has 0 aromatic heterocycles. The van der Waals surface area contributed by atoms with E-state index in [9.17, 15) is 4.79 Å². The number of benzene rings is 3. The fourth-order valence-corrected chi connectivity index (χ4v) is 5.14. The molecule has 0 aliphatic carbocycles. The number of hydrogen-bond acceptors (Lipinski definition) is 5. The minimum atomic E-state index is 0.00445. The van der Waals surface area contributed by atoms with E-state index < -0.39 is 0 Å². The number of likely N-dealkylation sites (N-methyl/N-ethyl adjacent to an activating group) is 1. The molecule has 1 amide bonds. The van der Waals surface area contributed by atoms with E-state index in [4.69, 9.17) is 14.2 Å². The van der Waals surface area contributed by atoms with Crippen LogP contribution >= 0.6 is 0 Å². The van der Waals surface area contributed by atoms with Crippen LogP contribution in [0, 0.1) is 0 Å². The molecule has 0 bridgehead atoms. The number of ether oxygens (including phenoxy) is 3. The highest BCUT2D eigenvalue weighted by Crippen LogP contribution is 2.34. The molecule has 1 aliphatic rings. The number of methoxy groups -OCH3 is 2. The van der Waals surface area contributed by atoms with Gasteiger partial charge in [-0.25, -0.2) is 0 Å². The molecular formula is C31H38N2O4. The van der Waals surface area contributed by atoms with Gasteiger partial charge in [0.25, 0.3) is 5.91 Å². The molecule has 2 unspecified atom stereocenters. The van der Waals surface area contributed by atoms with Crippen molar-refractivity contribution in [2.75, 3.05) is 47.1 Å². The zero-order valence-corrected chi connectivity index (χ0v) is 22.1. The Balaban J connectivity index is 1.58. The second-order valence-corrected chi connectivity index (χ2v) is 9.31. The van der Waals surface area contributed by atoms with Crippen LogP contribution in [0.3, 0.4) is 0 Å². The van der Waals surface area contributed by atoms with Gasteiger partial charge in [-0.15, -0.1) is 0 Å². The number of piperidine rings is 1. The Morgan fingerprint density at radius 1 is 0.946 bits per heavy atom. The van der Waals surface area contributed by atoms with Crippen LogP contribution in [0.15, 0.2) is 72.8 Å². The highest BCUT2D eigenvalue weighted by atomic mass is 16.5. The molecule has 6 heteroatoms. The number of nitrogens with zero attached hydrogens (tertiary/aromatic N) is 1. The molecule has 0 saturated carbocycles. The Bertz CT molecular complexity index is 1150. The standard InChI is InChI=1S/C31H38N2O4/c1-4-33(31(34)26-14-15-29(36-3)30(21-26)37-19-9-18-35-2)28-22-32-17-16-27(28)25-13-8-12-24(20-25)23-10-6-5-7-11-23/h5-8,10-15,20-21,27-28,32H,4,9,16-19,22H2,1-3H3. The Hall–Kier alpha value is -3.35. The van der Waals surface area contributed by atoms with E-state index in [1.165, 1.54) is 16.7 Å². The van der Waals surface area contributed by atoms with E-state index in [-0.39, 0.29) is 17.9 Å². The lowest BCUT2D eigenvalue weighted by atomic mass is 9.83. The molecule has 3 aromatic rings. The van der Waals surface area contributed by atoms with Gasteiger partial charge in [-0.05, 0) is 54.8 Å².